The predicted molar refractivity (Wildman–Crippen MR) is 96.1 cm³/mol. The first-order valence-corrected chi connectivity index (χ1v) is 9.47. The van der Waals surface area contributed by atoms with Gasteiger partial charge in [-0.15, -0.1) is 4.52 Å². The second kappa shape index (κ2) is 7.56. The molecule has 1 aromatic carbocycles. The lowest BCUT2D eigenvalue weighted by atomic mass is 9.95. The molecule has 3 rings (SSSR count). The second-order valence-electron chi connectivity index (χ2n) is 6.80. The maximum Gasteiger partial charge on any atom is 0.750 e. The number of aromatic nitrogens is 2. The summed E-state index contributed by atoms with van der Waals surface area (Å²) in [5.74, 6) is 0.258. The summed E-state index contributed by atoms with van der Waals surface area (Å²) in [5, 5.41) is 20.9. The van der Waals surface area contributed by atoms with Crippen LogP contribution in [0.3, 0.4) is 0 Å². The summed E-state index contributed by atoms with van der Waals surface area (Å²) in [5.41, 5.74) is -6.06. The predicted octanol–water partition coefficient (Wildman–Crippen LogP) is 1.05. The molecule has 0 spiro atoms. The number of nitrogens with zero attached hydrogens (tertiary/aromatic N) is 1. The normalized spacial score (nSPS) is 30.2. The molecule has 1 aromatic heterocycles. The summed E-state index contributed by atoms with van der Waals surface area (Å²) in [7, 11) is -2.73. The van der Waals surface area contributed by atoms with E-state index in [2.05, 4.69) is 0 Å². The molecule has 2 unspecified atom stereocenters. The van der Waals surface area contributed by atoms with Crippen molar-refractivity contribution in [3.8, 4) is 5.75 Å². The van der Waals surface area contributed by atoms with Gasteiger partial charge in [0.15, 0.2) is 11.4 Å². The molecule has 1 aliphatic rings. The maximum absolute atomic E-state index is 15.3. The molecule has 0 saturated heterocycles. The van der Waals surface area contributed by atoms with Gasteiger partial charge in [0.25, 0.3) is 5.56 Å². The summed E-state index contributed by atoms with van der Waals surface area (Å²) >= 11 is 0. The van der Waals surface area contributed by atoms with Crippen LogP contribution in [0.2, 0.25) is 0 Å². The number of hydrogen-bond acceptors (Lipinski definition) is 7. The molecule has 0 radical (unpaired) electrons. The number of aliphatic hydroxyl groups excluding tert-OH is 1. The molecule has 1 saturated carbocycles. The van der Waals surface area contributed by atoms with Crippen LogP contribution in [0.1, 0.15) is 19.4 Å². The zero-order valence-electron chi connectivity index (χ0n) is 14.8. The average Bonchev–Trinajstić information content (AvgIpc) is 2.82. The zero-order chi connectivity index (χ0) is 20.5. The third kappa shape index (κ3) is 3.90. The van der Waals surface area contributed by atoms with E-state index in [4.69, 9.17) is 9.05 Å². The fourth-order valence-corrected chi connectivity index (χ4v) is 3.96. The minimum absolute atomic E-state index is 0.258. The Labute approximate surface area is 159 Å². The van der Waals surface area contributed by atoms with Gasteiger partial charge in [0.1, 0.15) is 18.3 Å². The van der Waals surface area contributed by atoms with E-state index in [1.807, 2.05) is 4.98 Å². The molecule has 0 bridgehead atoms. The molecule has 150 valence electrons. The van der Waals surface area contributed by atoms with Crippen molar-refractivity contribution in [3.63, 3.8) is 0 Å². The van der Waals surface area contributed by atoms with Crippen molar-refractivity contribution in [1.29, 1.82) is 0 Å². The van der Waals surface area contributed by atoms with Gasteiger partial charge in [-0.3, -0.25) is 14.3 Å². The fraction of sp³-hybridized carbons (Fsp3) is 0.412. The van der Waals surface area contributed by atoms with E-state index >= 15 is 4.39 Å². The molecule has 9 nitrogen and oxygen atoms in total. The summed E-state index contributed by atoms with van der Waals surface area (Å²) in [6.45, 7) is 0.336. The molecular weight excluding hydrogens is 394 g/mol. The summed E-state index contributed by atoms with van der Waals surface area (Å²) in [6.07, 6.45) is -1.34. The van der Waals surface area contributed by atoms with E-state index in [0.717, 1.165) is 16.8 Å². The summed E-state index contributed by atoms with van der Waals surface area (Å²) in [6, 6.07) is 7.97. The van der Waals surface area contributed by atoms with Gasteiger partial charge in [0.2, 0.25) is 0 Å². The van der Waals surface area contributed by atoms with Crippen molar-refractivity contribution in [2.24, 2.45) is 0 Å². The monoisotopic (exact) mass is 413 g/mol. The number of para-hydroxylation sites is 1. The van der Waals surface area contributed by atoms with Crippen LogP contribution in [-0.4, -0.2) is 43.7 Å². The Bertz CT molecular complexity index is 977. The van der Waals surface area contributed by atoms with E-state index in [1.165, 1.54) is 19.1 Å². The van der Waals surface area contributed by atoms with Crippen molar-refractivity contribution in [2.75, 3.05) is 6.61 Å². The van der Waals surface area contributed by atoms with E-state index in [1.54, 1.807) is 18.2 Å². The quantitative estimate of drug-likeness (QED) is 0.604. The molecule has 5 atom stereocenters. The third-order valence-electron chi connectivity index (χ3n) is 4.77. The highest BCUT2D eigenvalue weighted by atomic mass is 31.1. The van der Waals surface area contributed by atoms with Crippen molar-refractivity contribution < 1.29 is 28.2 Å². The summed E-state index contributed by atoms with van der Waals surface area (Å²) < 4.78 is 38.2. The van der Waals surface area contributed by atoms with Gasteiger partial charge in [-0.1, -0.05) is 18.2 Å². The molecule has 2 aromatic rings. The molecular formula is C17H19FN2O7P+. The van der Waals surface area contributed by atoms with Crippen LogP contribution in [0.25, 0.3) is 0 Å². The number of rotatable bonds is 6. The number of aliphatic hydroxyl groups is 2. The lowest BCUT2D eigenvalue weighted by Crippen LogP contribution is -2.49. The van der Waals surface area contributed by atoms with E-state index in [9.17, 15) is 24.4 Å². The van der Waals surface area contributed by atoms with Gasteiger partial charge in [-0.25, -0.2) is 13.7 Å². The lowest BCUT2D eigenvalue weighted by molar-refractivity contribution is -0.110. The Morgan fingerprint density at radius 1 is 1.32 bits per heavy atom. The Morgan fingerprint density at radius 2 is 2.00 bits per heavy atom. The van der Waals surface area contributed by atoms with Crippen molar-refractivity contribution >= 4 is 8.25 Å². The molecule has 3 N–H and O–H groups in total. The topological polar surface area (TPSA) is 131 Å². The maximum atomic E-state index is 15.3. The number of benzene rings is 1. The van der Waals surface area contributed by atoms with Gasteiger partial charge in [-0.2, -0.15) is 0 Å². The molecule has 28 heavy (non-hydrogen) atoms. The van der Waals surface area contributed by atoms with E-state index in [-0.39, 0.29) is 5.75 Å². The molecule has 11 heteroatoms. The number of nitrogens with one attached hydrogen (secondary N) is 1. The van der Waals surface area contributed by atoms with E-state index < -0.39 is 55.9 Å². The number of aromatic amines is 1. The smallest absolute Gasteiger partial charge is 0.387 e. The highest BCUT2D eigenvalue weighted by Crippen LogP contribution is 2.48. The van der Waals surface area contributed by atoms with Gasteiger partial charge < -0.3 is 10.2 Å². The second-order valence-corrected chi connectivity index (χ2v) is 7.69. The van der Waals surface area contributed by atoms with Crippen molar-refractivity contribution in [3.05, 3.63) is 63.4 Å². The zero-order valence-corrected chi connectivity index (χ0v) is 15.7. The first-order chi connectivity index (χ1) is 13.1. The summed E-state index contributed by atoms with van der Waals surface area (Å²) in [4.78, 5) is 25.2. The minimum atomic E-state index is -2.73. The van der Waals surface area contributed by atoms with Crippen LogP contribution in [-0.2, 0) is 9.09 Å². The van der Waals surface area contributed by atoms with Gasteiger partial charge in [0.05, 0.1) is 6.04 Å². The van der Waals surface area contributed by atoms with Gasteiger partial charge in [0, 0.05) is 23.2 Å². The van der Waals surface area contributed by atoms with Gasteiger partial charge >= 0.3 is 13.9 Å². The molecule has 1 fully saturated rings. The number of halogens is 1. The first-order valence-electron chi connectivity index (χ1n) is 8.37. The Morgan fingerprint density at radius 3 is 2.64 bits per heavy atom. The Hall–Kier alpha value is -2.39. The average molecular weight is 413 g/mol. The number of alkyl halides is 1. The minimum Gasteiger partial charge on any atom is -0.387 e. The van der Waals surface area contributed by atoms with Crippen LogP contribution in [0.15, 0.2) is 52.2 Å². The number of H-pyrrole nitrogens is 1. The van der Waals surface area contributed by atoms with Crippen molar-refractivity contribution in [2.45, 2.75) is 36.8 Å². The molecule has 0 amide bonds. The number of hydrogen-bond donors (Lipinski definition) is 3. The van der Waals surface area contributed by atoms with Crippen LogP contribution in [0, 0.1) is 0 Å². The fourth-order valence-electron chi connectivity index (χ4n) is 3.29. The van der Waals surface area contributed by atoms with Crippen molar-refractivity contribution in [1.82, 2.24) is 9.55 Å². The Balaban J connectivity index is 1.75. The van der Waals surface area contributed by atoms with Crippen LogP contribution in [0.4, 0.5) is 4.39 Å². The lowest BCUT2D eigenvalue weighted by Gasteiger charge is -2.30. The highest BCUT2D eigenvalue weighted by Gasteiger charge is 2.62. The SMILES string of the molecule is C[C@@]1(O)C(O)[C@@](F)(CO[P+](=O)Oc2ccccc2)C[C@H]1n1ccc(=O)[nH]c1=O. The van der Waals surface area contributed by atoms with Crippen LogP contribution in [0.5, 0.6) is 5.75 Å². The van der Waals surface area contributed by atoms with Crippen LogP contribution < -0.4 is 15.8 Å². The first kappa shape index (κ1) is 20.3. The largest absolute Gasteiger partial charge is 0.750 e. The van der Waals surface area contributed by atoms with E-state index in [0.29, 0.717) is 0 Å². The van der Waals surface area contributed by atoms with Crippen LogP contribution >= 0.6 is 8.25 Å². The standard InChI is InChI=1S/C17H18FN2O7P/c1-16(24)12(20-8-7-13(21)19-15(20)23)9-17(18,14(16)22)10-26-28(25)27-11-5-3-2-4-6-11/h2-8,12,14,22,24H,9-10H2,1H3/p+1/t12-,14?,16+,17+/m1/s1. The molecule has 1 heterocycles. The molecule has 1 aliphatic carbocycles. The third-order valence-corrected chi connectivity index (χ3v) is 5.47. The van der Waals surface area contributed by atoms with Gasteiger partial charge in [-0.05, 0) is 19.1 Å². The molecule has 0 aliphatic heterocycles. The highest BCUT2D eigenvalue weighted by molar-refractivity contribution is 7.33. The Kier molecular flexibility index (Phi) is 5.49.